The van der Waals surface area contributed by atoms with Crippen molar-refractivity contribution < 1.29 is 35.1 Å². The highest BCUT2D eigenvalue weighted by atomic mass is 35.5. The number of nitrogens with zero attached hydrogens (tertiary/aromatic N) is 1. The fourth-order valence-corrected chi connectivity index (χ4v) is 6.69. The summed E-state index contributed by atoms with van der Waals surface area (Å²) >= 11 is 6.64. The Labute approximate surface area is 207 Å². The number of likely N-dealkylation sites (N-methyl/N-ethyl adjacent to an activating group) is 1. The molecule has 0 bridgehead atoms. The maximum atomic E-state index is 13.7. The van der Waals surface area contributed by atoms with Crippen LogP contribution in [0, 0.1) is 11.6 Å². The van der Waals surface area contributed by atoms with Crippen LogP contribution in [-0.2, 0) is 16.2 Å². The van der Waals surface area contributed by atoms with Crippen LogP contribution < -0.4 is 9.46 Å². The first kappa shape index (κ1) is 25.7. The molecule has 0 radical (unpaired) electrons. The van der Waals surface area contributed by atoms with Crippen LogP contribution in [0.1, 0.15) is 12.0 Å². The Morgan fingerprint density at radius 3 is 2.40 bits per heavy atom. The summed E-state index contributed by atoms with van der Waals surface area (Å²) in [5, 5.41) is 0. The molecule has 1 N–H and O–H groups in total. The lowest BCUT2D eigenvalue weighted by Gasteiger charge is -2.19. The van der Waals surface area contributed by atoms with Crippen LogP contribution >= 0.6 is 22.9 Å². The summed E-state index contributed by atoms with van der Waals surface area (Å²) in [6.45, 7) is 1.08. The average molecular weight is 553 g/mol. The minimum atomic E-state index is -4.72. The van der Waals surface area contributed by atoms with Gasteiger partial charge in [0, 0.05) is 30.8 Å². The zero-order chi connectivity index (χ0) is 25.5. The van der Waals surface area contributed by atoms with E-state index in [9.17, 15) is 30.4 Å². The predicted molar refractivity (Wildman–Crippen MR) is 123 cm³/mol. The monoisotopic (exact) mass is 552 g/mol. The van der Waals surface area contributed by atoms with E-state index in [0.717, 1.165) is 30.3 Å². The third-order valence-electron chi connectivity index (χ3n) is 5.27. The summed E-state index contributed by atoms with van der Waals surface area (Å²) in [6.07, 6.45) is -4.68. The normalized spacial score (nSPS) is 17.1. The van der Waals surface area contributed by atoms with Gasteiger partial charge in [0.1, 0.15) is 27.7 Å². The van der Waals surface area contributed by atoms with Gasteiger partial charge in [-0.3, -0.25) is 4.72 Å². The molecule has 1 aliphatic heterocycles. The van der Waals surface area contributed by atoms with Crippen LogP contribution in [0.3, 0.4) is 0 Å². The molecule has 0 spiro atoms. The SMILES string of the molecule is CN1CC[C@@H](Oc2cc(NS(=O)(=O)c3sc(Cl)cc3-c3cc(F)cc(F)c3)ccc2C(F)(F)F)C1. The minimum Gasteiger partial charge on any atom is -0.488 e. The van der Waals surface area contributed by atoms with Crippen LogP contribution in [0.4, 0.5) is 27.6 Å². The molecule has 5 nitrogen and oxygen atoms in total. The second-order valence-electron chi connectivity index (χ2n) is 8.01. The Morgan fingerprint density at radius 1 is 1.11 bits per heavy atom. The molecule has 0 amide bonds. The van der Waals surface area contributed by atoms with Crippen molar-refractivity contribution in [3.8, 4) is 16.9 Å². The highest BCUT2D eigenvalue weighted by Gasteiger charge is 2.36. The lowest BCUT2D eigenvalue weighted by molar-refractivity contribution is -0.139. The molecule has 2 aromatic carbocycles. The number of anilines is 1. The molecular formula is C22H18ClF5N2O3S2. The van der Waals surface area contributed by atoms with Crippen molar-refractivity contribution in [2.45, 2.75) is 22.9 Å². The van der Waals surface area contributed by atoms with Crippen molar-refractivity contribution in [2.24, 2.45) is 0 Å². The molecule has 1 fully saturated rings. The number of hydrogen-bond donors (Lipinski definition) is 1. The number of benzene rings is 2. The topological polar surface area (TPSA) is 58.6 Å². The van der Waals surface area contributed by atoms with E-state index in [2.05, 4.69) is 4.72 Å². The number of thiophene rings is 1. The lowest BCUT2D eigenvalue weighted by atomic mass is 10.1. The van der Waals surface area contributed by atoms with Crippen molar-refractivity contribution in [1.29, 1.82) is 0 Å². The van der Waals surface area contributed by atoms with Crippen molar-refractivity contribution in [1.82, 2.24) is 4.90 Å². The second kappa shape index (κ2) is 9.57. The fraction of sp³-hybridized carbons (Fsp3) is 0.273. The zero-order valence-electron chi connectivity index (χ0n) is 18.0. The first-order valence-electron chi connectivity index (χ1n) is 10.2. The van der Waals surface area contributed by atoms with Crippen molar-refractivity contribution in [3.63, 3.8) is 0 Å². The van der Waals surface area contributed by atoms with Gasteiger partial charge in [0.25, 0.3) is 10.0 Å². The highest BCUT2D eigenvalue weighted by molar-refractivity contribution is 7.94. The van der Waals surface area contributed by atoms with Crippen molar-refractivity contribution in [3.05, 3.63) is 64.0 Å². The first-order chi connectivity index (χ1) is 16.3. The summed E-state index contributed by atoms with van der Waals surface area (Å²) in [6, 6.07) is 6.44. The largest absolute Gasteiger partial charge is 0.488 e. The summed E-state index contributed by atoms with van der Waals surface area (Å²) in [5.41, 5.74) is -1.33. The molecule has 1 aromatic heterocycles. The first-order valence-corrected chi connectivity index (χ1v) is 12.8. The molecule has 13 heteroatoms. The van der Waals surface area contributed by atoms with Gasteiger partial charge in [0.15, 0.2) is 0 Å². The Bertz CT molecular complexity index is 1340. The van der Waals surface area contributed by atoms with Crippen LogP contribution in [0.2, 0.25) is 4.34 Å². The van der Waals surface area contributed by atoms with Crippen molar-refractivity contribution >= 4 is 38.6 Å². The van der Waals surface area contributed by atoms with Gasteiger partial charge >= 0.3 is 6.18 Å². The molecule has 188 valence electrons. The standard InChI is InChI=1S/C22H18ClF5N2O3S2/c1-30-5-4-16(11-30)33-19-9-15(2-3-18(19)22(26,27)28)29-35(31,32)21-17(10-20(23)34-21)12-6-13(24)8-14(25)7-12/h2-3,6-10,16,29H,4-5,11H2,1H3/t16-/m1/s1. The molecule has 1 aliphatic rings. The smallest absolute Gasteiger partial charge is 0.419 e. The third-order valence-corrected chi connectivity index (χ3v) is 8.45. The van der Waals surface area contributed by atoms with Gasteiger partial charge in [-0.25, -0.2) is 17.2 Å². The Hall–Kier alpha value is -2.41. The van der Waals surface area contributed by atoms with Gasteiger partial charge in [-0.1, -0.05) is 11.6 Å². The summed E-state index contributed by atoms with van der Waals surface area (Å²) in [7, 11) is -2.59. The van der Waals surface area contributed by atoms with Crippen LogP contribution in [-0.4, -0.2) is 39.6 Å². The maximum absolute atomic E-state index is 13.7. The Kier molecular flexibility index (Phi) is 7.02. The van der Waals surface area contributed by atoms with Crippen LogP contribution in [0.15, 0.2) is 46.7 Å². The molecule has 2 heterocycles. The van der Waals surface area contributed by atoms with Gasteiger partial charge in [0.2, 0.25) is 0 Å². The van der Waals surface area contributed by atoms with Gasteiger partial charge in [-0.2, -0.15) is 13.2 Å². The average Bonchev–Trinajstić information content (AvgIpc) is 3.32. The van der Waals surface area contributed by atoms with Gasteiger partial charge in [-0.05, 0) is 49.4 Å². The molecule has 1 atom stereocenters. The van der Waals surface area contributed by atoms with Crippen LogP contribution in [0.5, 0.6) is 5.75 Å². The number of nitrogens with one attached hydrogen (secondary N) is 1. The fourth-order valence-electron chi connectivity index (χ4n) is 3.74. The molecule has 0 aliphatic carbocycles. The van der Waals surface area contributed by atoms with E-state index in [1.807, 2.05) is 11.9 Å². The van der Waals surface area contributed by atoms with Gasteiger partial charge in [-0.15, -0.1) is 11.3 Å². The van der Waals surface area contributed by atoms with Crippen LogP contribution in [0.25, 0.3) is 11.1 Å². The molecule has 4 rings (SSSR count). The number of halogens is 6. The number of likely N-dealkylation sites (tertiary alicyclic amines) is 1. The summed E-state index contributed by atoms with van der Waals surface area (Å²) < 4.78 is 102. The lowest BCUT2D eigenvalue weighted by Crippen LogP contribution is -2.23. The highest BCUT2D eigenvalue weighted by Crippen LogP contribution is 2.41. The molecule has 0 unspecified atom stereocenters. The van der Waals surface area contributed by atoms with E-state index in [0.29, 0.717) is 36.9 Å². The number of ether oxygens (including phenoxy) is 1. The zero-order valence-corrected chi connectivity index (χ0v) is 20.4. The molecule has 0 saturated carbocycles. The predicted octanol–water partition coefficient (Wildman–Crippen LogP) is 6.25. The quantitative estimate of drug-likeness (QED) is 0.367. The molecular weight excluding hydrogens is 535 g/mol. The van der Waals surface area contributed by atoms with Crippen molar-refractivity contribution in [2.75, 3.05) is 24.9 Å². The minimum absolute atomic E-state index is 0.0341. The van der Waals surface area contributed by atoms with Gasteiger partial charge in [0.05, 0.1) is 15.6 Å². The maximum Gasteiger partial charge on any atom is 0.419 e. The number of hydrogen-bond acceptors (Lipinski definition) is 5. The summed E-state index contributed by atoms with van der Waals surface area (Å²) in [4.78, 5) is 1.90. The number of rotatable bonds is 6. The number of sulfonamides is 1. The van der Waals surface area contributed by atoms with E-state index in [4.69, 9.17) is 16.3 Å². The van der Waals surface area contributed by atoms with E-state index < -0.39 is 45.3 Å². The van der Waals surface area contributed by atoms with Gasteiger partial charge < -0.3 is 9.64 Å². The van der Waals surface area contributed by atoms with E-state index in [1.54, 1.807) is 0 Å². The summed E-state index contributed by atoms with van der Waals surface area (Å²) in [5.74, 6) is -2.34. The molecule has 1 saturated heterocycles. The third kappa shape index (κ3) is 5.88. The molecule has 35 heavy (non-hydrogen) atoms. The Morgan fingerprint density at radius 2 is 1.80 bits per heavy atom. The molecule has 3 aromatic rings. The van der Waals surface area contributed by atoms with E-state index in [1.165, 1.54) is 6.07 Å². The van der Waals surface area contributed by atoms with E-state index >= 15 is 0 Å². The van der Waals surface area contributed by atoms with E-state index in [-0.39, 0.29) is 25.4 Å². The Balaban J connectivity index is 1.69. The number of alkyl halides is 3. The second-order valence-corrected chi connectivity index (χ2v) is 11.6.